The Kier molecular flexibility index (Phi) is 12.2. The number of nitrogens with one attached hydrogen (secondary N) is 2. The lowest BCUT2D eigenvalue weighted by Gasteiger charge is -2.14. The summed E-state index contributed by atoms with van der Waals surface area (Å²) in [5.74, 6) is 0.203. The van der Waals surface area contributed by atoms with Crippen LogP contribution in [0.25, 0.3) is 0 Å². The van der Waals surface area contributed by atoms with Crippen LogP contribution in [0, 0.1) is 0 Å². The summed E-state index contributed by atoms with van der Waals surface area (Å²) in [6.07, 6.45) is -3.17. The van der Waals surface area contributed by atoms with Gasteiger partial charge in [0.2, 0.25) is 11.9 Å². The van der Waals surface area contributed by atoms with Crippen molar-refractivity contribution in [2.45, 2.75) is 25.6 Å². The normalized spacial score (nSPS) is 11.1. The Labute approximate surface area is 243 Å². The minimum absolute atomic E-state index is 0.0251. The van der Waals surface area contributed by atoms with Crippen LogP contribution >= 0.6 is 15.9 Å². The summed E-state index contributed by atoms with van der Waals surface area (Å²) in [5, 5.41) is 6.69. The number of benzene rings is 2. The molecule has 0 aliphatic heterocycles. The molecule has 0 saturated heterocycles. The van der Waals surface area contributed by atoms with E-state index >= 15 is 0 Å². The quantitative estimate of drug-likeness (QED) is 0.112. The van der Waals surface area contributed by atoms with E-state index in [9.17, 15) is 18.0 Å². The van der Waals surface area contributed by atoms with Gasteiger partial charge in [-0.3, -0.25) is 0 Å². The summed E-state index contributed by atoms with van der Waals surface area (Å²) < 4.78 is 59.3. The summed E-state index contributed by atoms with van der Waals surface area (Å²) in [7, 11) is 1.24. The Morgan fingerprint density at radius 3 is 2.39 bits per heavy atom. The number of esters is 1. The van der Waals surface area contributed by atoms with Gasteiger partial charge in [0.05, 0.1) is 20.3 Å². The maximum Gasteiger partial charge on any atom is 0.422 e. The summed E-state index contributed by atoms with van der Waals surface area (Å²) >= 11 is 3.35. The van der Waals surface area contributed by atoms with Gasteiger partial charge in [-0.05, 0) is 49.2 Å². The Morgan fingerprint density at radius 2 is 1.71 bits per heavy atom. The molecule has 2 aromatic carbocycles. The molecule has 11 nitrogen and oxygen atoms in total. The summed E-state index contributed by atoms with van der Waals surface area (Å²) in [5.41, 5.74) is 6.93. The van der Waals surface area contributed by atoms with E-state index in [0.29, 0.717) is 31.0 Å². The first-order valence-electron chi connectivity index (χ1n) is 12.5. The van der Waals surface area contributed by atoms with Crippen molar-refractivity contribution in [2.24, 2.45) is 5.73 Å². The standard InChI is InChI=1S/C26H30BrF3N6O5/c1-38-22(37)20-9-6-18(14-21(20)40-13-3-11-31)33-24-34-23(35-25(36-24)41-16-26(28,29)30)32-15-17-4-7-19(8-5-17)39-12-2-10-27/h4-9,14H,2-3,10-13,15-16,31H2,1H3,(H2,32,33,34,35,36). The molecular formula is C26H30BrF3N6O5. The average molecular weight is 643 g/mol. The molecule has 41 heavy (non-hydrogen) atoms. The lowest BCUT2D eigenvalue weighted by Crippen LogP contribution is -2.21. The molecule has 1 aromatic heterocycles. The van der Waals surface area contributed by atoms with E-state index in [1.165, 1.54) is 25.3 Å². The van der Waals surface area contributed by atoms with Gasteiger partial charge in [-0.1, -0.05) is 28.1 Å². The Morgan fingerprint density at radius 1 is 0.976 bits per heavy atom. The Bertz CT molecular complexity index is 1270. The second kappa shape index (κ2) is 15.8. The third-order valence-electron chi connectivity index (χ3n) is 5.15. The molecule has 0 unspecified atom stereocenters. The van der Waals surface area contributed by atoms with E-state index in [4.69, 9.17) is 24.7 Å². The van der Waals surface area contributed by atoms with Crippen LogP contribution in [-0.4, -0.2) is 65.9 Å². The molecule has 3 rings (SSSR count). The first kappa shape index (κ1) is 31.7. The van der Waals surface area contributed by atoms with Gasteiger partial charge in [0.15, 0.2) is 6.61 Å². The number of rotatable bonds is 16. The highest BCUT2D eigenvalue weighted by molar-refractivity contribution is 9.09. The van der Waals surface area contributed by atoms with Crippen molar-refractivity contribution in [3.8, 4) is 17.5 Å². The van der Waals surface area contributed by atoms with Gasteiger partial charge < -0.3 is 35.3 Å². The van der Waals surface area contributed by atoms with Gasteiger partial charge in [-0.2, -0.15) is 28.1 Å². The van der Waals surface area contributed by atoms with Crippen molar-refractivity contribution < 1.29 is 36.9 Å². The number of nitrogens with zero attached hydrogens (tertiary/aromatic N) is 3. The zero-order valence-corrected chi connectivity index (χ0v) is 23.8. The maximum atomic E-state index is 12.8. The Hall–Kier alpha value is -3.85. The number of carbonyl (C=O) groups excluding carboxylic acids is 1. The van der Waals surface area contributed by atoms with Crippen molar-refractivity contribution >= 4 is 39.5 Å². The minimum Gasteiger partial charge on any atom is -0.494 e. The van der Waals surface area contributed by atoms with Crippen LogP contribution in [0.4, 0.5) is 30.8 Å². The predicted octanol–water partition coefficient (Wildman–Crippen LogP) is 4.85. The summed E-state index contributed by atoms with van der Waals surface area (Å²) in [6, 6.07) is 11.3. The SMILES string of the molecule is COC(=O)c1ccc(Nc2nc(NCc3ccc(OCCCBr)cc3)nc(OCC(F)(F)F)n2)cc1OCCCN. The molecule has 0 aliphatic rings. The lowest BCUT2D eigenvalue weighted by molar-refractivity contribution is -0.154. The zero-order chi connectivity index (χ0) is 29.7. The van der Waals surface area contributed by atoms with E-state index in [-0.39, 0.29) is 36.4 Å². The number of hydrogen-bond donors (Lipinski definition) is 3. The summed E-state index contributed by atoms with van der Waals surface area (Å²) in [4.78, 5) is 24.3. The molecule has 0 bridgehead atoms. The van der Waals surface area contributed by atoms with Gasteiger partial charge >= 0.3 is 18.2 Å². The zero-order valence-electron chi connectivity index (χ0n) is 22.2. The molecule has 0 aliphatic carbocycles. The second-order valence-corrected chi connectivity index (χ2v) is 9.17. The van der Waals surface area contributed by atoms with E-state index < -0.39 is 24.8 Å². The van der Waals surface area contributed by atoms with Crippen LogP contribution < -0.4 is 30.6 Å². The van der Waals surface area contributed by atoms with Crippen LogP contribution in [-0.2, 0) is 11.3 Å². The third kappa shape index (κ3) is 10.9. The number of hydrogen-bond acceptors (Lipinski definition) is 11. The molecule has 15 heteroatoms. The monoisotopic (exact) mass is 642 g/mol. The molecule has 0 saturated carbocycles. The van der Waals surface area contributed by atoms with Gasteiger partial charge in [0, 0.05) is 23.6 Å². The smallest absolute Gasteiger partial charge is 0.422 e. The number of alkyl halides is 4. The first-order chi connectivity index (χ1) is 19.7. The van der Waals surface area contributed by atoms with Gasteiger partial charge in [-0.15, -0.1) is 0 Å². The van der Waals surface area contributed by atoms with Gasteiger partial charge in [0.25, 0.3) is 0 Å². The van der Waals surface area contributed by atoms with E-state index in [1.54, 1.807) is 0 Å². The van der Waals surface area contributed by atoms with Gasteiger partial charge in [-0.25, -0.2) is 4.79 Å². The highest BCUT2D eigenvalue weighted by Crippen LogP contribution is 2.27. The fourth-order valence-corrected chi connectivity index (χ4v) is 3.45. The highest BCUT2D eigenvalue weighted by Gasteiger charge is 2.29. The van der Waals surface area contributed by atoms with E-state index in [2.05, 4.69) is 41.5 Å². The number of carbonyl (C=O) groups is 1. The number of aromatic nitrogens is 3. The molecule has 222 valence electrons. The second-order valence-electron chi connectivity index (χ2n) is 8.38. The first-order valence-corrected chi connectivity index (χ1v) is 13.6. The largest absolute Gasteiger partial charge is 0.494 e. The van der Waals surface area contributed by atoms with Crippen LogP contribution in [0.1, 0.15) is 28.8 Å². The van der Waals surface area contributed by atoms with E-state index in [0.717, 1.165) is 17.3 Å². The molecule has 4 N–H and O–H groups in total. The van der Waals surface area contributed by atoms with Crippen LogP contribution in [0.2, 0.25) is 0 Å². The van der Waals surface area contributed by atoms with Crippen LogP contribution in [0.5, 0.6) is 17.5 Å². The molecule has 0 spiro atoms. The van der Waals surface area contributed by atoms with Crippen LogP contribution in [0.3, 0.4) is 0 Å². The molecule has 0 amide bonds. The minimum atomic E-state index is -4.59. The fraction of sp³-hybridized carbons (Fsp3) is 0.385. The number of anilines is 3. The van der Waals surface area contributed by atoms with Crippen molar-refractivity contribution in [1.29, 1.82) is 0 Å². The molecule has 0 radical (unpaired) electrons. The van der Waals surface area contributed by atoms with Crippen molar-refractivity contribution in [3.63, 3.8) is 0 Å². The molecule has 0 fully saturated rings. The van der Waals surface area contributed by atoms with Gasteiger partial charge in [0.1, 0.15) is 17.1 Å². The van der Waals surface area contributed by atoms with Crippen LogP contribution in [0.15, 0.2) is 42.5 Å². The third-order valence-corrected chi connectivity index (χ3v) is 5.71. The molecule has 0 atom stereocenters. The number of methoxy groups -OCH3 is 1. The molecular weight excluding hydrogens is 613 g/mol. The Balaban J connectivity index is 1.79. The number of ether oxygens (including phenoxy) is 4. The fourth-order valence-electron chi connectivity index (χ4n) is 3.22. The predicted molar refractivity (Wildman–Crippen MR) is 149 cm³/mol. The maximum absolute atomic E-state index is 12.8. The lowest BCUT2D eigenvalue weighted by atomic mass is 10.2. The number of nitrogens with two attached hydrogens (primary N) is 1. The van der Waals surface area contributed by atoms with Crippen molar-refractivity contribution in [1.82, 2.24) is 15.0 Å². The molecule has 1 heterocycles. The highest BCUT2D eigenvalue weighted by atomic mass is 79.9. The van der Waals surface area contributed by atoms with E-state index in [1.807, 2.05) is 24.3 Å². The average Bonchev–Trinajstić information content (AvgIpc) is 2.95. The molecule has 3 aromatic rings. The van der Waals surface area contributed by atoms with Crippen molar-refractivity contribution in [2.75, 3.05) is 49.4 Å². The topological polar surface area (TPSA) is 143 Å². The number of halogens is 4. The van der Waals surface area contributed by atoms with Crippen molar-refractivity contribution in [3.05, 3.63) is 53.6 Å². The summed E-state index contributed by atoms with van der Waals surface area (Å²) in [6.45, 7) is -0.0988.